The molecule has 3 aromatic rings. The number of nitrogens with two attached hydrogens (primary N) is 1. The van der Waals surface area contributed by atoms with Crippen LogP contribution in [0, 0.1) is 5.82 Å². The SMILES string of the molecule is NC(=O)c1cccc(NC(=O)c2cccc(F)c2)c1-c1c(Br)cc(C(F)(C(F)(F)F)C(F)(F)C(F)(F)F)cc1Br. The number of benzene rings is 3. The highest BCUT2D eigenvalue weighted by Gasteiger charge is 2.81. The van der Waals surface area contributed by atoms with Crippen LogP contribution in [0.15, 0.2) is 63.5 Å². The summed E-state index contributed by atoms with van der Waals surface area (Å²) in [5, 5.41) is 2.34. The summed E-state index contributed by atoms with van der Waals surface area (Å²) >= 11 is 5.49. The van der Waals surface area contributed by atoms with E-state index < -0.39 is 61.6 Å². The zero-order valence-corrected chi connectivity index (χ0v) is 22.3. The van der Waals surface area contributed by atoms with Crippen molar-refractivity contribution in [2.45, 2.75) is 23.9 Å². The molecule has 0 saturated carbocycles. The third kappa shape index (κ3) is 5.42. The molecule has 0 aliphatic carbocycles. The number of nitrogens with one attached hydrogen (secondary N) is 1. The monoisotopic (exact) mass is 708 g/mol. The molecule has 3 rings (SSSR count). The number of carbonyl (C=O) groups excluding carboxylic acids is 2. The zero-order valence-electron chi connectivity index (χ0n) is 19.1. The van der Waals surface area contributed by atoms with Gasteiger partial charge in [-0.1, -0.05) is 44.0 Å². The summed E-state index contributed by atoms with van der Waals surface area (Å²) in [6, 6.07) is 7.89. The molecule has 4 nitrogen and oxygen atoms in total. The van der Waals surface area contributed by atoms with Crippen LogP contribution >= 0.6 is 31.9 Å². The molecule has 0 bridgehead atoms. The van der Waals surface area contributed by atoms with E-state index in [-0.39, 0.29) is 34.5 Å². The van der Waals surface area contributed by atoms with Crippen molar-refractivity contribution in [1.82, 2.24) is 0 Å². The van der Waals surface area contributed by atoms with E-state index in [1.165, 1.54) is 24.3 Å². The zero-order chi connectivity index (χ0) is 30.4. The first-order chi connectivity index (χ1) is 18.2. The fourth-order valence-corrected chi connectivity index (χ4v) is 5.27. The maximum Gasteiger partial charge on any atom is 0.457 e. The average Bonchev–Trinajstić information content (AvgIpc) is 2.82. The molecule has 1 atom stereocenters. The number of primary amides is 1. The lowest BCUT2D eigenvalue weighted by molar-refractivity contribution is -0.389. The van der Waals surface area contributed by atoms with E-state index in [1.54, 1.807) is 0 Å². The lowest BCUT2D eigenvalue weighted by atomic mass is 9.86. The quantitative estimate of drug-likeness (QED) is 0.253. The Morgan fingerprint density at radius 2 is 1.30 bits per heavy atom. The van der Waals surface area contributed by atoms with Crippen molar-refractivity contribution in [3.05, 3.63) is 86.1 Å². The molecule has 0 spiro atoms. The minimum Gasteiger partial charge on any atom is -0.366 e. The number of rotatable bonds is 6. The van der Waals surface area contributed by atoms with Crippen LogP contribution in [0.2, 0.25) is 0 Å². The van der Waals surface area contributed by atoms with Crippen molar-refractivity contribution >= 4 is 49.4 Å². The van der Waals surface area contributed by atoms with Crippen molar-refractivity contribution in [3.63, 3.8) is 0 Å². The van der Waals surface area contributed by atoms with Gasteiger partial charge in [-0.05, 0) is 42.5 Å². The number of hydrogen-bond acceptors (Lipinski definition) is 2. The van der Waals surface area contributed by atoms with Gasteiger partial charge in [-0.15, -0.1) is 0 Å². The molecule has 0 heterocycles. The number of hydrogen-bond donors (Lipinski definition) is 2. The second kappa shape index (κ2) is 10.7. The lowest BCUT2D eigenvalue weighted by Gasteiger charge is -2.36. The Labute approximate surface area is 234 Å². The van der Waals surface area contributed by atoms with Gasteiger partial charge in [0.05, 0.1) is 0 Å². The predicted molar refractivity (Wildman–Crippen MR) is 130 cm³/mol. The molecule has 40 heavy (non-hydrogen) atoms. The molecule has 214 valence electrons. The summed E-state index contributed by atoms with van der Waals surface area (Å²) < 4.78 is 135. The molecule has 16 heteroatoms. The van der Waals surface area contributed by atoms with E-state index >= 15 is 4.39 Å². The minimum atomic E-state index is -6.94. The van der Waals surface area contributed by atoms with E-state index in [9.17, 15) is 49.1 Å². The first-order valence-electron chi connectivity index (χ1n) is 10.4. The molecule has 3 aromatic carbocycles. The summed E-state index contributed by atoms with van der Waals surface area (Å²) in [7, 11) is 0. The standard InChI is InChI=1S/C24H12Br2F10N2O2/c25-14-8-11(21(28,23(31,32)33)22(29,30)24(34,35)36)9-15(26)18(14)17-13(19(37)39)5-2-6-16(17)38-20(40)10-3-1-4-12(27)7-10/h1-9H,(H2,37,39)(H,38,40). The number of carbonyl (C=O) groups is 2. The number of amides is 2. The molecule has 0 aliphatic rings. The highest BCUT2D eigenvalue weighted by atomic mass is 79.9. The second-order valence-electron chi connectivity index (χ2n) is 8.10. The summed E-state index contributed by atoms with van der Waals surface area (Å²) in [6.07, 6.45) is -13.7. The molecule has 3 N–H and O–H groups in total. The first kappa shape index (κ1) is 31.4. The van der Waals surface area contributed by atoms with E-state index in [2.05, 4.69) is 37.2 Å². The van der Waals surface area contributed by atoms with Crippen LogP contribution in [0.3, 0.4) is 0 Å². The van der Waals surface area contributed by atoms with Gasteiger partial charge in [0.1, 0.15) is 5.82 Å². The van der Waals surface area contributed by atoms with Crippen LogP contribution in [-0.2, 0) is 5.67 Å². The highest BCUT2D eigenvalue weighted by molar-refractivity contribution is 9.11. The molecule has 0 fully saturated rings. The van der Waals surface area contributed by atoms with Crippen LogP contribution in [-0.4, -0.2) is 30.1 Å². The van der Waals surface area contributed by atoms with Gasteiger partial charge in [0.2, 0.25) is 5.91 Å². The third-order valence-electron chi connectivity index (χ3n) is 5.53. The van der Waals surface area contributed by atoms with E-state index in [1.807, 2.05) is 0 Å². The van der Waals surface area contributed by atoms with Gasteiger partial charge in [-0.2, -0.15) is 35.1 Å². The molecule has 1 unspecified atom stereocenters. The Morgan fingerprint density at radius 1 is 0.750 bits per heavy atom. The van der Waals surface area contributed by atoms with Gasteiger partial charge in [-0.3, -0.25) is 9.59 Å². The van der Waals surface area contributed by atoms with Crippen molar-refractivity contribution in [2.24, 2.45) is 5.73 Å². The Morgan fingerprint density at radius 3 is 1.77 bits per heavy atom. The predicted octanol–water partition coefficient (Wildman–Crippen LogP) is 8.29. The maximum absolute atomic E-state index is 15.1. The fourth-order valence-electron chi connectivity index (χ4n) is 3.68. The largest absolute Gasteiger partial charge is 0.457 e. The van der Waals surface area contributed by atoms with Gasteiger partial charge in [0.25, 0.3) is 5.91 Å². The van der Waals surface area contributed by atoms with Crippen molar-refractivity contribution < 1.29 is 53.5 Å². The maximum atomic E-state index is 15.1. The number of anilines is 1. The third-order valence-corrected chi connectivity index (χ3v) is 6.78. The smallest absolute Gasteiger partial charge is 0.366 e. The summed E-state index contributed by atoms with van der Waals surface area (Å²) in [5.41, 5.74) is -4.57. The average molecular weight is 710 g/mol. The minimum absolute atomic E-state index is 0.0309. The first-order valence-corrected chi connectivity index (χ1v) is 12.0. The number of halogens is 12. The van der Waals surface area contributed by atoms with Crippen LogP contribution in [0.25, 0.3) is 11.1 Å². The Balaban J connectivity index is 2.28. The van der Waals surface area contributed by atoms with E-state index in [0.717, 1.165) is 18.2 Å². The molecular formula is C24H12Br2F10N2O2. The van der Waals surface area contributed by atoms with Gasteiger partial charge in [0.15, 0.2) is 0 Å². The summed E-state index contributed by atoms with van der Waals surface area (Å²) in [6.45, 7) is 0. The Hall–Kier alpha value is -3.14. The fraction of sp³-hybridized carbons (Fsp3) is 0.167. The van der Waals surface area contributed by atoms with E-state index in [0.29, 0.717) is 0 Å². The van der Waals surface area contributed by atoms with Crippen molar-refractivity contribution in [3.8, 4) is 11.1 Å². The van der Waals surface area contributed by atoms with Gasteiger partial charge in [-0.25, -0.2) is 8.78 Å². The van der Waals surface area contributed by atoms with Crippen molar-refractivity contribution in [1.29, 1.82) is 0 Å². The molecule has 0 saturated heterocycles. The number of alkyl halides is 9. The Bertz CT molecular complexity index is 1470. The van der Waals surface area contributed by atoms with Gasteiger partial charge >= 0.3 is 23.9 Å². The topological polar surface area (TPSA) is 72.2 Å². The second-order valence-corrected chi connectivity index (χ2v) is 9.81. The van der Waals surface area contributed by atoms with Gasteiger partial charge in [0, 0.05) is 42.5 Å². The molecule has 0 aliphatic heterocycles. The molecule has 2 amide bonds. The van der Waals surface area contributed by atoms with Crippen LogP contribution < -0.4 is 11.1 Å². The normalized spacial score (nSPS) is 14.0. The Kier molecular flexibility index (Phi) is 8.39. The lowest BCUT2D eigenvalue weighted by Crippen LogP contribution is -2.59. The summed E-state index contributed by atoms with van der Waals surface area (Å²) in [5.74, 6) is -9.79. The van der Waals surface area contributed by atoms with Crippen LogP contribution in [0.4, 0.5) is 49.6 Å². The summed E-state index contributed by atoms with van der Waals surface area (Å²) in [4.78, 5) is 24.9. The highest BCUT2D eigenvalue weighted by Crippen LogP contribution is 2.59. The van der Waals surface area contributed by atoms with Crippen molar-refractivity contribution in [2.75, 3.05) is 5.32 Å². The molecule has 0 aromatic heterocycles. The van der Waals surface area contributed by atoms with Crippen LogP contribution in [0.5, 0.6) is 0 Å². The molecule has 0 radical (unpaired) electrons. The van der Waals surface area contributed by atoms with E-state index in [4.69, 9.17) is 5.73 Å². The molecular weight excluding hydrogens is 698 g/mol. The van der Waals surface area contributed by atoms with Gasteiger partial charge < -0.3 is 11.1 Å². The van der Waals surface area contributed by atoms with Crippen LogP contribution in [0.1, 0.15) is 26.3 Å².